The first kappa shape index (κ1) is 25.0. The molecular weight excluding hydrogens is 456 g/mol. The van der Waals surface area contributed by atoms with Gasteiger partial charge in [0.2, 0.25) is 0 Å². The number of amides is 2. The lowest BCUT2D eigenvalue weighted by atomic mass is 9.72. The van der Waals surface area contributed by atoms with E-state index in [1.807, 2.05) is 62.4 Å². The average molecular weight is 491 g/mol. The topological polar surface area (TPSA) is 67.4 Å². The predicted molar refractivity (Wildman–Crippen MR) is 144 cm³/mol. The van der Waals surface area contributed by atoms with Crippen LogP contribution in [0.3, 0.4) is 0 Å². The minimum Gasteiger partial charge on any atom is -0.494 e. The summed E-state index contributed by atoms with van der Waals surface area (Å²) in [5.74, 6) is 0.903. The Balaban J connectivity index is 1.64. The Morgan fingerprint density at radius 1 is 1.00 bits per heavy atom. The van der Waals surface area contributed by atoms with Gasteiger partial charge in [-0.05, 0) is 86.4 Å². The van der Waals surface area contributed by atoms with Crippen LogP contribution in [0.1, 0.15) is 70.8 Å². The first-order valence-corrected chi connectivity index (χ1v) is 13.0. The van der Waals surface area contributed by atoms with E-state index in [0.29, 0.717) is 34.3 Å². The monoisotopic (exact) mass is 490 g/mol. The highest BCUT2D eigenvalue weighted by Crippen LogP contribution is 2.44. The normalized spacial score (nSPS) is 15.3. The van der Waals surface area contributed by atoms with Gasteiger partial charge in [0.05, 0.1) is 12.2 Å². The summed E-state index contributed by atoms with van der Waals surface area (Å²) in [6.07, 6.45) is 2.79. The van der Waals surface area contributed by atoms with Gasteiger partial charge in [-0.25, -0.2) is 0 Å². The van der Waals surface area contributed by atoms with Gasteiger partial charge in [0.15, 0.2) is 0 Å². The zero-order chi connectivity index (χ0) is 25.2. The zero-order valence-corrected chi connectivity index (χ0v) is 22.0. The molecule has 0 aliphatic heterocycles. The number of ether oxygens (including phenoxy) is 1. The first-order chi connectivity index (χ1) is 16.7. The first-order valence-electron chi connectivity index (χ1n) is 12.2. The number of aryl methyl sites for hydroxylation is 1. The molecule has 1 heterocycles. The molecule has 0 spiro atoms. The Hall–Kier alpha value is -3.12. The van der Waals surface area contributed by atoms with Gasteiger partial charge >= 0.3 is 0 Å². The Morgan fingerprint density at radius 2 is 1.69 bits per heavy atom. The third-order valence-electron chi connectivity index (χ3n) is 6.68. The zero-order valence-electron chi connectivity index (χ0n) is 21.2. The van der Waals surface area contributed by atoms with Gasteiger partial charge in [-0.15, -0.1) is 11.3 Å². The molecule has 6 heteroatoms. The molecule has 1 unspecified atom stereocenters. The largest absolute Gasteiger partial charge is 0.494 e. The molecule has 0 fully saturated rings. The van der Waals surface area contributed by atoms with Gasteiger partial charge < -0.3 is 15.4 Å². The summed E-state index contributed by atoms with van der Waals surface area (Å²) in [5, 5.41) is 6.70. The molecule has 35 heavy (non-hydrogen) atoms. The van der Waals surface area contributed by atoms with Crippen LogP contribution in [0.15, 0.2) is 48.5 Å². The number of fused-ring (bicyclic) bond motifs is 1. The maximum Gasteiger partial charge on any atom is 0.258 e. The van der Waals surface area contributed by atoms with Crippen molar-refractivity contribution in [3.05, 3.63) is 75.7 Å². The van der Waals surface area contributed by atoms with Crippen LogP contribution in [0.2, 0.25) is 0 Å². The Labute approximate surface area is 211 Å². The van der Waals surface area contributed by atoms with Crippen LogP contribution in [0.5, 0.6) is 5.75 Å². The van der Waals surface area contributed by atoms with Crippen molar-refractivity contribution in [2.75, 3.05) is 17.2 Å². The second-order valence-corrected chi connectivity index (χ2v) is 11.4. The van der Waals surface area contributed by atoms with E-state index in [4.69, 9.17) is 4.74 Å². The van der Waals surface area contributed by atoms with Crippen LogP contribution in [0, 0.1) is 18.3 Å². The highest BCUT2D eigenvalue weighted by Gasteiger charge is 2.34. The van der Waals surface area contributed by atoms with Crippen molar-refractivity contribution in [3.8, 4) is 5.75 Å². The fourth-order valence-electron chi connectivity index (χ4n) is 4.53. The van der Waals surface area contributed by atoms with E-state index in [2.05, 4.69) is 31.4 Å². The average Bonchev–Trinajstić information content (AvgIpc) is 3.17. The number of hydrogen-bond acceptors (Lipinski definition) is 4. The van der Waals surface area contributed by atoms with Gasteiger partial charge in [-0.1, -0.05) is 38.5 Å². The molecule has 2 amide bonds. The smallest absolute Gasteiger partial charge is 0.258 e. The van der Waals surface area contributed by atoms with Gasteiger partial charge in [0, 0.05) is 16.1 Å². The summed E-state index contributed by atoms with van der Waals surface area (Å²) in [6.45, 7) is 11.3. The number of benzene rings is 2. The lowest BCUT2D eigenvalue weighted by molar-refractivity contribution is 0.102. The van der Waals surface area contributed by atoms with E-state index in [0.717, 1.165) is 36.1 Å². The quantitative estimate of drug-likeness (QED) is 0.387. The third-order valence-corrected chi connectivity index (χ3v) is 7.85. The summed E-state index contributed by atoms with van der Waals surface area (Å²) in [7, 11) is 0. The van der Waals surface area contributed by atoms with Crippen LogP contribution in [-0.4, -0.2) is 18.4 Å². The Kier molecular flexibility index (Phi) is 7.31. The van der Waals surface area contributed by atoms with Crippen molar-refractivity contribution in [2.45, 2.75) is 53.9 Å². The van der Waals surface area contributed by atoms with Gasteiger partial charge in [-0.3, -0.25) is 9.59 Å². The number of rotatable bonds is 6. The number of anilines is 2. The maximum atomic E-state index is 13.5. The van der Waals surface area contributed by atoms with Gasteiger partial charge in [-0.2, -0.15) is 0 Å². The van der Waals surface area contributed by atoms with Gasteiger partial charge in [0.1, 0.15) is 10.8 Å². The van der Waals surface area contributed by atoms with Crippen LogP contribution in [0.25, 0.3) is 0 Å². The van der Waals surface area contributed by atoms with E-state index < -0.39 is 0 Å². The molecule has 1 aromatic heterocycles. The number of nitrogens with one attached hydrogen (secondary N) is 2. The van der Waals surface area contributed by atoms with Crippen molar-refractivity contribution in [1.29, 1.82) is 0 Å². The number of hydrogen-bond donors (Lipinski definition) is 2. The second kappa shape index (κ2) is 10.2. The molecule has 1 aliphatic rings. The summed E-state index contributed by atoms with van der Waals surface area (Å²) < 4.78 is 5.50. The van der Waals surface area contributed by atoms with E-state index in [1.165, 1.54) is 4.88 Å². The molecule has 4 rings (SSSR count). The van der Waals surface area contributed by atoms with E-state index in [-0.39, 0.29) is 17.2 Å². The number of thiophene rings is 1. The van der Waals surface area contributed by atoms with Crippen molar-refractivity contribution in [1.82, 2.24) is 0 Å². The minimum absolute atomic E-state index is 0.192. The minimum atomic E-state index is -0.203. The van der Waals surface area contributed by atoms with Crippen LogP contribution >= 0.6 is 11.3 Å². The fraction of sp³-hybridized carbons (Fsp3) is 0.379. The highest BCUT2D eigenvalue weighted by molar-refractivity contribution is 7.17. The summed E-state index contributed by atoms with van der Waals surface area (Å²) in [4.78, 5) is 27.8. The molecular formula is C29H34N2O3S. The molecule has 0 bridgehead atoms. The summed E-state index contributed by atoms with van der Waals surface area (Å²) in [5.41, 5.74) is 4.21. The molecule has 0 saturated heterocycles. The van der Waals surface area contributed by atoms with E-state index >= 15 is 0 Å². The molecule has 0 saturated carbocycles. The van der Waals surface area contributed by atoms with Crippen LogP contribution in [0.4, 0.5) is 10.7 Å². The Morgan fingerprint density at radius 3 is 2.31 bits per heavy atom. The summed E-state index contributed by atoms with van der Waals surface area (Å²) in [6, 6.07) is 14.8. The number of carbonyl (C=O) groups is 2. The second-order valence-electron chi connectivity index (χ2n) is 10.2. The van der Waals surface area contributed by atoms with Gasteiger partial charge in [0.25, 0.3) is 11.8 Å². The highest BCUT2D eigenvalue weighted by atomic mass is 32.1. The lowest BCUT2D eigenvalue weighted by Crippen LogP contribution is -2.27. The molecule has 2 N–H and O–H groups in total. The molecule has 1 aliphatic carbocycles. The summed E-state index contributed by atoms with van der Waals surface area (Å²) >= 11 is 1.54. The molecule has 184 valence electrons. The standard InChI is InChI=1S/C29H34N2O3S/c1-6-34-22-14-12-21(13-15-22)30-27(33)25-23-16-11-20(29(3,4)5)17-24(23)35-28(25)31-26(32)19-9-7-18(2)8-10-19/h7-10,12-15,20H,6,11,16-17H2,1-5H3,(H,30,33)(H,31,32). The SMILES string of the molecule is CCOc1ccc(NC(=O)c2c(NC(=O)c3ccc(C)cc3)sc3c2CCC(C(C)(C)C)C3)cc1. The molecule has 0 radical (unpaired) electrons. The van der Waals surface area contributed by atoms with Crippen LogP contribution in [-0.2, 0) is 12.8 Å². The Bertz CT molecular complexity index is 1200. The number of carbonyl (C=O) groups excluding carboxylic acids is 2. The third kappa shape index (κ3) is 5.76. The van der Waals surface area contributed by atoms with Crippen molar-refractivity contribution < 1.29 is 14.3 Å². The maximum absolute atomic E-state index is 13.5. The van der Waals surface area contributed by atoms with E-state index in [1.54, 1.807) is 11.3 Å². The molecule has 2 aromatic carbocycles. The lowest BCUT2D eigenvalue weighted by Gasteiger charge is -2.33. The molecule has 1 atom stereocenters. The van der Waals surface area contributed by atoms with E-state index in [9.17, 15) is 9.59 Å². The van der Waals surface area contributed by atoms with Crippen molar-refractivity contribution >= 4 is 33.8 Å². The fourth-order valence-corrected chi connectivity index (χ4v) is 5.85. The van der Waals surface area contributed by atoms with Crippen molar-refractivity contribution in [3.63, 3.8) is 0 Å². The predicted octanol–water partition coefficient (Wildman–Crippen LogP) is 7.11. The molecule has 5 nitrogen and oxygen atoms in total. The van der Waals surface area contributed by atoms with Crippen LogP contribution < -0.4 is 15.4 Å². The van der Waals surface area contributed by atoms with Crippen molar-refractivity contribution in [2.24, 2.45) is 11.3 Å². The molecule has 3 aromatic rings.